The summed E-state index contributed by atoms with van der Waals surface area (Å²) >= 11 is 0. The standard InChI is InChI=1S/C12H14FNO3/c1-7-2-8(4-9(13)3-7)12(17)14-5-10(15)11(16)6-14/h2-4,10-11,15-16H,5-6H2,1H3/t10-,11+. The molecule has 1 fully saturated rings. The summed E-state index contributed by atoms with van der Waals surface area (Å²) in [6, 6.07) is 4.08. The van der Waals surface area contributed by atoms with E-state index in [0.29, 0.717) is 5.56 Å². The third-order valence-electron chi connectivity index (χ3n) is 2.84. The molecule has 1 amide bonds. The monoisotopic (exact) mass is 239 g/mol. The number of aryl methyl sites for hydroxylation is 1. The van der Waals surface area contributed by atoms with Crippen molar-refractivity contribution in [1.29, 1.82) is 0 Å². The second-order valence-electron chi connectivity index (χ2n) is 4.36. The van der Waals surface area contributed by atoms with Crippen molar-refractivity contribution in [2.24, 2.45) is 0 Å². The number of hydrogen-bond acceptors (Lipinski definition) is 3. The molecule has 1 aliphatic rings. The van der Waals surface area contributed by atoms with Crippen LogP contribution >= 0.6 is 0 Å². The lowest BCUT2D eigenvalue weighted by atomic mass is 10.1. The van der Waals surface area contributed by atoms with Gasteiger partial charge in [0.2, 0.25) is 0 Å². The molecule has 0 unspecified atom stereocenters. The largest absolute Gasteiger partial charge is 0.388 e. The lowest BCUT2D eigenvalue weighted by Gasteiger charge is -2.15. The number of hydrogen-bond donors (Lipinski definition) is 2. The Labute approximate surface area is 98.3 Å². The Bertz CT molecular complexity index is 419. The van der Waals surface area contributed by atoms with Gasteiger partial charge < -0.3 is 15.1 Å². The van der Waals surface area contributed by atoms with E-state index in [1.165, 1.54) is 11.0 Å². The smallest absolute Gasteiger partial charge is 0.254 e. The number of nitrogens with zero attached hydrogens (tertiary/aromatic N) is 1. The first-order valence-corrected chi connectivity index (χ1v) is 5.40. The van der Waals surface area contributed by atoms with Crippen LogP contribution in [0.4, 0.5) is 4.39 Å². The molecule has 5 heteroatoms. The molecule has 92 valence electrons. The minimum absolute atomic E-state index is 0.0789. The third-order valence-corrected chi connectivity index (χ3v) is 2.84. The third kappa shape index (κ3) is 2.45. The molecule has 0 bridgehead atoms. The summed E-state index contributed by atoms with van der Waals surface area (Å²) < 4.78 is 13.2. The minimum atomic E-state index is -0.923. The van der Waals surface area contributed by atoms with E-state index in [2.05, 4.69) is 0 Å². The van der Waals surface area contributed by atoms with Crippen molar-refractivity contribution < 1.29 is 19.4 Å². The number of likely N-dealkylation sites (tertiary alicyclic amines) is 1. The van der Waals surface area contributed by atoms with Crippen LogP contribution in [0.5, 0.6) is 0 Å². The van der Waals surface area contributed by atoms with Gasteiger partial charge in [0.1, 0.15) is 5.82 Å². The highest BCUT2D eigenvalue weighted by atomic mass is 19.1. The maximum atomic E-state index is 13.2. The average molecular weight is 239 g/mol. The topological polar surface area (TPSA) is 60.8 Å². The van der Waals surface area contributed by atoms with Crippen molar-refractivity contribution in [3.63, 3.8) is 0 Å². The summed E-state index contributed by atoms with van der Waals surface area (Å²) in [7, 11) is 0. The molecule has 1 aliphatic heterocycles. The van der Waals surface area contributed by atoms with Crippen LogP contribution in [0.3, 0.4) is 0 Å². The van der Waals surface area contributed by atoms with E-state index in [1.807, 2.05) is 0 Å². The molecular formula is C12H14FNO3. The van der Waals surface area contributed by atoms with Gasteiger partial charge in [-0.15, -0.1) is 0 Å². The predicted molar refractivity (Wildman–Crippen MR) is 59.1 cm³/mol. The van der Waals surface area contributed by atoms with Crippen LogP contribution in [0.25, 0.3) is 0 Å². The van der Waals surface area contributed by atoms with Crippen molar-refractivity contribution in [1.82, 2.24) is 4.90 Å². The van der Waals surface area contributed by atoms with E-state index in [-0.39, 0.29) is 24.6 Å². The Balaban J connectivity index is 2.20. The molecule has 2 atom stereocenters. The van der Waals surface area contributed by atoms with Crippen molar-refractivity contribution in [2.75, 3.05) is 13.1 Å². The van der Waals surface area contributed by atoms with Crippen molar-refractivity contribution >= 4 is 5.91 Å². The van der Waals surface area contributed by atoms with Gasteiger partial charge in [-0.25, -0.2) is 4.39 Å². The van der Waals surface area contributed by atoms with Crippen LogP contribution in [0.2, 0.25) is 0 Å². The van der Waals surface area contributed by atoms with Crippen LogP contribution in [-0.4, -0.2) is 46.3 Å². The number of benzene rings is 1. The summed E-state index contributed by atoms with van der Waals surface area (Å²) in [5.74, 6) is -0.836. The fourth-order valence-electron chi connectivity index (χ4n) is 1.98. The molecule has 1 heterocycles. The van der Waals surface area contributed by atoms with E-state index < -0.39 is 18.0 Å². The highest BCUT2D eigenvalue weighted by Crippen LogP contribution is 2.16. The van der Waals surface area contributed by atoms with Gasteiger partial charge in [-0.1, -0.05) is 0 Å². The van der Waals surface area contributed by atoms with Gasteiger partial charge >= 0.3 is 0 Å². The molecule has 1 aromatic rings. The van der Waals surface area contributed by atoms with Gasteiger partial charge in [-0.05, 0) is 30.7 Å². The SMILES string of the molecule is Cc1cc(F)cc(C(=O)N2C[C@@H](O)[C@@H](O)C2)c1. The highest BCUT2D eigenvalue weighted by Gasteiger charge is 2.33. The van der Waals surface area contributed by atoms with E-state index in [1.54, 1.807) is 13.0 Å². The quantitative estimate of drug-likeness (QED) is 0.741. The van der Waals surface area contributed by atoms with Crippen molar-refractivity contribution in [3.8, 4) is 0 Å². The Kier molecular flexibility index (Phi) is 3.13. The molecule has 17 heavy (non-hydrogen) atoms. The zero-order chi connectivity index (χ0) is 12.6. The van der Waals surface area contributed by atoms with Gasteiger partial charge in [0, 0.05) is 18.7 Å². The van der Waals surface area contributed by atoms with E-state index >= 15 is 0 Å². The number of rotatable bonds is 1. The van der Waals surface area contributed by atoms with Gasteiger partial charge in [0.25, 0.3) is 5.91 Å². The molecule has 1 aromatic carbocycles. The zero-order valence-corrected chi connectivity index (χ0v) is 9.43. The minimum Gasteiger partial charge on any atom is -0.388 e. The van der Waals surface area contributed by atoms with E-state index in [0.717, 1.165) is 6.07 Å². The van der Waals surface area contributed by atoms with Gasteiger partial charge in [0.15, 0.2) is 0 Å². The van der Waals surface area contributed by atoms with Gasteiger partial charge in [-0.3, -0.25) is 4.79 Å². The maximum Gasteiger partial charge on any atom is 0.254 e. The summed E-state index contributed by atoms with van der Waals surface area (Å²) in [6.45, 7) is 1.86. The number of aliphatic hydroxyl groups is 2. The summed E-state index contributed by atoms with van der Waals surface area (Å²) in [5.41, 5.74) is 0.900. The Morgan fingerprint density at radius 2 is 1.88 bits per heavy atom. The lowest BCUT2D eigenvalue weighted by molar-refractivity contribution is 0.0572. The summed E-state index contributed by atoms with van der Waals surface area (Å²) in [5, 5.41) is 18.7. The first kappa shape index (κ1) is 12.0. The molecule has 4 nitrogen and oxygen atoms in total. The predicted octanol–water partition coefficient (Wildman–Crippen LogP) is 0.312. The summed E-state index contributed by atoms with van der Waals surface area (Å²) in [4.78, 5) is 13.3. The van der Waals surface area contributed by atoms with Crippen LogP contribution in [0.1, 0.15) is 15.9 Å². The number of carbonyl (C=O) groups excluding carboxylic acids is 1. The van der Waals surface area contributed by atoms with Crippen LogP contribution in [0.15, 0.2) is 18.2 Å². The lowest BCUT2D eigenvalue weighted by Crippen LogP contribution is -2.29. The second-order valence-corrected chi connectivity index (χ2v) is 4.36. The summed E-state index contributed by atoms with van der Waals surface area (Å²) in [6.07, 6.45) is -1.85. The van der Waals surface area contributed by atoms with Gasteiger partial charge in [-0.2, -0.15) is 0 Å². The van der Waals surface area contributed by atoms with Crippen molar-refractivity contribution in [2.45, 2.75) is 19.1 Å². The zero-order valence-electron chi connectivity index (χ0n) is 9.43. The Morgan fingerprint density at radius 1 is 1.29 bits per heavy atom. The van der Waals surface area contributed by atoms with E-state index in [4.69, 9.17) is 0 Å². The molecule has 0 saturated carbocycles. The number of carbonyl (C=O) groups is 1. The van der Waals surface area contributed by atoms with Crippen LogP contribution in [0, 0.1) is 12.7 Å². The van der Waals surface area contributed by atoms with Gasteiger partial charge in [0.05, 0.1) is 12.2 Å². The molecule has 0 aromatic heterocycles. The number of halogens is 1. The normalized spacial score (nSPS) is 24.1. The number of aliphatic hydroxyl groups excluding tert-OH is 2. The first-order valence-electron chi connectivity index (χ1n) is 5.40. The number of amides is 1. The number of β-amino-alcohol motifs (C(OH)–C–C–N with tert-alkyl or cyclic N) is 2. The fraction of sp³-hybridized carbons (Fsp3) is 0.417. The molecule has 0 aliphatic carbocycles. The van der Waals surface area contributed by atoms with E-state index in [9.17, 15) is 19.4 Å². The molecular weight excluding hydrogens is 225 g/mol. The Hall–Kier alpha value is -1.46. The van der Waals surface area contributed by atoms with Crippen LogP contribution in [-0.2, 0) is 0 Å². The van der Waals surface area contributed by atoms with Crippen LogP contribution < -0.4 is 0 Å². The molecule has 0 radical (unpaired) electrons. The average Bonchev–Trinajstić information content (AvgIpc) is 2.57. The molecule has 0 spiro atoms. The maximum absolute atomic E-state index is 13.2. The fourth-order valence-corrected chi connectivity index (χ4v) is 1.98. The first-order chi connectivity index (χ1) is 7.97. The molecule has 1 saturated heterocycles. The molecule has 2 rings (SSSR count). The molecule has 2 N–H and O–H groups in total. The Morgan fingerprint density at radius 3 is 2.41 bits per heavy atom. The second kappa shape index (κ2) is 4.43. The highest BCUT2D eigenvalue weighted by molar-refractivity contribution is 5.94. The van der Waals surface area contributed by atoms with Crippen molar-refractivity contribution in [3.05, 3.63) is 35.1 Å².